The first-order valence-corrected chi connectivity index (χ1v) is 7.90. The number of nitrogens with zero attached hydrogens (tertiary/aromatic N) is 1. The zero-order valence-electron chi connectivity index (χ0n) is 14.4. The summed E-state index contributed by atoms with van der Waals surface area (Å²) in [6, 6.07) is 0.248. The number of nitrogens with one attached hydrogen (secondary N) is 1. The Morgan fingerprint density at radius 1 is 1.38 bits per heavy atom. The zero-order valence-corrected chi connectivity index (χ0v) is 14.4. The molecule has 0 aromatic carbocycles. The van der Waals surface area contributed by atoms with Crippen LogP contribution in [-0.4, -0.2) is 53.0 Å². The van der Waals surface area contributed by atoms with E-state index in [1.807, 2.05) is 39.5 Å². The van der Waals surface area contributed by atoms with Crippen LogP contribution >= 0.6 is 0 Å². The molecule has 1 amide bonds. The van der Waals surface area contributed by atoms with Gasteiger partial charge in [0.05, 0.1) is 6.61 Å². The lowest BCUT2D eigenvalue weighted by Gasteiger charge is -2.39. The number of piperidine rings is 1. The fourth-order valence-electron chi connectivity index (χ4n) is 2.69. The first-order valence-electron chi connectivity index (χ1n) is 7.90. The van der Waals surface area contributed by atoms with Gasteiger partial charge >= 0.3 is 6.09 Å². The van der Waals surface area contributed by atoms with Crippen LogP contribution < -0.4 is 5.32 Å². The fraction of sp³-hybridized carbons (Fsp3) is 0.938. The number of likely N-dealkylation sites (tertiary alicyclic amines) is 1. The third-order valence-corrected chi connectivity index (χ3v) is 3.83. The van der Waals surface area contributed by atoms with Crippen molar-refractivity contribution in [2.45, 2.75) is 71.6 Å². The molecular weight excluding hydrogens is 268 g/mol. The van der Waals surface area contributed by atoms with Gasteiger partial charge in [-0.25, -0.2) is 4.79 Å². The SMILES string of the molecule is CC(NC(C)(C)CO)C1CCCN(C(=O)OC(C)(C)C)C1. The van der Waals surface area contributed by atoms with E-state index < -0.39 is 5.60 Å². The van der Waals surface area contributed by atoms with Crippen LogP contribution in [0.1, 0.15) is 54.4 Å². The molecule has 0 spiro atoms. The van der Waals surface area contributed by atoms with Crippen molar-refractivity contribution in [3.05, 3.63) is 0 Å². The topological polar surface area (TPSA) is 61.8 Å². The van der Waals surface area contributed by atoms with Gasteiger partial charge in [-0.1, -0.05) is 0 Å². The van der Waals surface area contributed by atoms with Crippen LogP contribution in [0.15, 0.2) is 0 Å². The van der Waals surface area contributed by atoms with Gasteiger partial charge in [0.2, 0.25) is 0 Å². The summed E-state index contributed by atoms with van der Waals surface area (Å²) in [6.07, 6.45) is 1.87. The normalized spacial score (nSPS) is 22.0. The lowest BCUT2D eigenvalue weighted by atomic mass is 9.90. The van der Waals surface area contributed by atoms with Crippen LogP contribution in [0.25, 0.3) is 0 Å². The third kappa shape index (κ3) is 6.22. The minimum absolute atomic E-state index is 0.0971. The Balaban J connectivity index is 2.57. The second-order valence-corrected chi connectivity index (χ2v) is 7.80. The zero-order chi connectivity index (χ0) is 16.3. The molecule has 124 valence electrons. The van der Waals surface area contributed by atoms with E-state index in [-0.39, 0.29) is 24.3 Å². The highest BCUT2D eigenvalue weighted by molar-refractivity contribution is 5.68. The number of aliphatic hydroxyl groups is 1. The molecular formula is C16H32N2O3. The molecule has 0 aromatic heterocycles. The van der Waals surface area contributed by atoms with Gasteiger partial charge in [0.1, 0.15) is 5.60 Å². The summed E-state index contributed by atoms with van der Waals surface area (Å²) >= 11 is 0. The van der Waals surface area contributed by atoms with Crippen molar-refractivity contribution < 1.29 is 14.6 Å². The standard InChI is InChI=1S/C16H32N2O3/c1-12(17-16(5,6)11-19)13-8-7-9-18(10-13)14(20)21-15(2,3)4/h12-13,17,19H,7-11H2,1-6H3. The predicted octanol–water partition coefficient (Wildman–Crippen LogP) is 2.38. The van der Waals surface area contributed by atoms with Gasteiger partial charge in [-0.3, -0.25) is 0 Å². The molecule has 21 heavy (non-hydrogen) atoms. The average molecular weight is 300 g/mol. The maximum atomic E-state index is 12.2. The number of rotatable bonds is 4. The highest BCUT2D eigenvalue weighted by atomic mass is 16.6. The van der Waals surface area contributed by atoms with Crippen molar-refractivity contribution in [3.63, 3.8) is 0 Å². The molecule has 2 atom stereocenters. The second kappa shape index (κ2) is 6.97. The Morgan fingerprint density at radius 2 is 2.00 bits per heavy atom. The van der Waals surface area contributed by atoms with Crippen molar-refractivity contribution in [3.8, 4) is 0 Å². The van der Waals surface area contributed by atoms with E-state index >= 15 is 0 Å². The predicted molar refractivity (Wildman–Crippen MR) is 84.3 cm³/mol. The molecule has 0 bridgehead atoms. The Hall–Kier alpha value is -0.810. The van der Waals surface area contributed by atoms with Crippen LogP contribution in [0.2, 0.25) is 0 Å². The van der Waals surface area contributed by atoms with E-state index in [9.17, 15) is 9.90 Å². The number of carbonyl (C=O) groups excluding carboxylic acids is 1. The summed E-state index contributed by atoms with van der Waals surface area (Å²) < 4.78 is 5.45. The highest BCUT2D eigenvalue weighted by Gasteiger charge is 2.31. The molecule has 5 nitrogen and oxygen atoms in total. The van der Waals surface area contributed by atoms with E-state index in [1.165, 1.54) is 0 Å². The van der Waals surface area contributed by atoms with Gasteiger partial charge in [0, 0.05) is 24.7 Å². The molecule has 0 radical (unpaired) electrons. The monoisotopic (exact) mass is 300 g/mol. The second-order valence-electron chi connectivity index (χ2n) is 7.80. The van der Waals surface area contributed by atoms with Crippen LogP contribution in [-0.2, 0) is 4.74 Å². The fourth-order valence-corrected chi connectivity index (χ4v) is 2.69. The minimum Gasteiger partial charge on any atom is -0.444 e. The van der Waals surface area contributed by atoms with E-state index in [1.54, 1.807) is 0 Å². The Morgan fingerprint density at radius 3 is 2.52 bits per heavy atom. The smallest absolute Gasteiger partial charge is 0.410 e. The van der Waals surface area contributed by atoms with Crippen LogP contribution in [0, 0.1) is 5.92 Å². The van der Waals surface area contributed by atoms with Gasteiger partial charge in [0.25, 0.3) is 0 Å². The summed E-state index contributed by atoms with van der Waals surface area (Å²) in [5.41, 5.74) is -0.750. The largest absolute Gasteiger partial charge is 0.444 e. The van der Waals surface area contributed by atoms with Crippen molar-refractivity contribution in [1.82, 2.24) is 10.2 Å². The number of amides is 1. The molecule has 1 rings (SSSR count). The minimum atomic E-state index is -0.452. The summed E-state index contributed by atoms with van der Waals surface area (Å²) in [4.78, 5) is 14.0. The van der Waals surface area contributed by atoms with Gasteiger partial charge in [-0.05, 0) is 60.3 Å². The number of hydrogen-bond donors (Lipinski definition) is 2. The van der Waals surface area contributed by atoms with Crippen LogP contribution in [0.5, 0.6) is 0 Å². The van der Waals surface area contributed by atoms with Gasteiger partial charge in [-0.2, -0.15) is 0 Å². The van der Waals surface area contributed by atoms with Crippen molar-refractivity contribution >= 4 is 6.09 Å². The van der Waals surface area contributed by atoms with Crippen LogP contribution in [0.3, 0.4) is 0 Å². The third-order valence-electron chi connectivity index (χ3n) is 3.83. The molecule has 0 aliphatic carbocycles. The van der Waals surface area contributed by atoms with Crippen molar-refractivity contribution in [2.75, 3.05) is 19.7 Å². The molecule has 1 aliphatic rings. The summed E-state index contributed by atoms with van der Waals surface area (Å²) in [5, 5.41) is 12.8. The quantitative estimate of drug-likeness (QED) is 0.837. The molecule has 1 fully saturated rings. The van der Waals surface area contributed by atoms with Crippen molar-refractivity contribution in [1.29, 1.82) is 0 Å². The van der Waals surface area contributed by atoms with E-state index in [2.05, 4.69) is 12.2 Å². The van der Waals surface area contributed by atoms with Gasteiger partial charge < -0.3 is 20.1 Å². The van der Waals surface area contributed by atoms with E-state index in [0.29, 0.717) is 12.5 Å². The molecule has 2 unspecified atom stereocenters. The molecule has 1 aliphatic heterocycles. The number of ether oxygens (including phenoxy) is 1. The van der Waals surface area contributed by atoms with E-state index in [0.717, 1.165) is 19.4 Å². The number of aliphatic hydroxyl groups excluding tert-OH is 1. The highest BCUT2D eigenvalue weighted by Crippen LogP contribution is 2.23. The molecule has 5 heteroatoms. The number of hydrogen-bond acceptors (Lipinski definition) is 4. The maximum absolute atomic E-state index is 12.2. The molecule has 1 heterocycles. The summed E-state index contributed by atoms with van der Waals surface area (Å²) in [5.74, 6) is 0.386. The lowest BCUT2D eigenvalue weighted by molar-refractivity contribution is 0.0138. The van der Waals surface area contributed by atoms with E-state index in [4.69, 9.17) is 4.74 Å². The molecule has 0 aromatic rings. The Bertz CT molecular complexity index is 350. The molecule has 1 saturated heterocycles. The van der Waals surface area contributed by atoms with Crippen LogP contribution in [0.4, 0.5) is 4.79 Å². The van der Waals surface area contributed by atoms with Crippen molar-refractivity contribution in [2.24, 2.45) is 5.92 Å². The Labute approximate surface area is 129 Å². The number of carbonyl (C=O) groups is 1. The first-order chi connectivity index (χ1) is 9.54. The summed E-state index contributed by atoms with van der Waals surface area (Å²) in [7, 11) is 0. The molecule has 0 saturated carbocycles. The lowest BCUT2D eigenvalue weighted by Crippen LogP contribution is -2.54. The first kappa shape index (κ1) is 18.2. The average Bonchev–Trinajstić information content (AvgIpc) is 2.36. The Kier molecular flexibility index (Phi) is 6.05. The van der Waals surface area contributed by atoms with Gasteiger partial charge in [-0.15, -0.1) is 0 Å². The van der Waals surface area contributed by atoms with Gasteiger partial charge in [0.15, 0.2) is 0 Å². The summed E-state index contributed by atoms with van der Waals surface area (Å²) in [6.45, 7) is 13.3. The maximum Gasteiger partial charge on any atom is 0.410 e. The molecule has 2 N–H and O–H groups in total.